The second kappa shape index (κ2) is 8.56. The first-order valence-corrected chi connectivity index (χ1v) is 7.55. The van der Waals surface area contributed by atoms with Gasteiger partial charge in [0.05, 0.1) is 4.92 Å². The molecule has 0 radical (unpaired) electrons. The van der Waals surface area contributed by atoms with Crippen molar-refractivity contribution in [3.63, 3.8) is 0 Å². The van der Waals surface area contributed by atoms with E-state index in [1.165, 1.54) is 32.1 Å². The zero-order valence-corrected chi connectivity index (χ0v) is 12.9. The summed E-state index contributed by atoms with van der Waals surface area (Å²) in [5.41, 5.74) is 3.11. The maximum Gasteiger partial charge on any atom is 0.270 e. The van der Waals surface area contributed by atoms with E-state index in [1.807, 2.05) is 13.8 Å². The normalized spacial score (nSPS) is 10.6. The first-order valence-electron chi connectivity index (χ1n) is 7.55. The number of nitro groups is 1. The largest absolute Gasteiger partial charge is 0.385 e. The smallest absolute Gasteiger partial charge is 0.270 e. The van der Waals surface area contributed by atoms with Crippen molar-refractivity contribution in [1.29, 1.82) is 0 Å². The van der Waals surface area contributed by atoms with E-state index in [-0.39, 0.29) is 10.6 Å². The molecule has 1 rings (SSSR count). The van der Waals surface area contributed by atoms with Crippen LogP contribution in [-0.2, 0) is 0 Å². The van der Waals surface area contributed by atoms with E-state index in [2.05, 4.69) is 12.2 Å². The molecule has 0 amide bonds. The Morgan fingerprint density at radius 1 is 1.05 bits per heavy atom. The van der Waals surface area contributed by atoms with Gasteiger partial charge < -0.3 is 5.32 Å². The standard InChI is InChI=1S/C16H26N2O2/c1-4-5-6-7-8-9-10-17-16-13(2)11-15(18(19)20)12-14(16)3/h11-12,17H,4-10H2,1-3H3. The fourth-order valence-corrected chi connectivity index (χ4v) is 2.44. The fraction of sp³-hybridized carbons (Fsp3) is 0.625. The molecule has 0 heterocycles. The molecule has 20 heavy (non-hydrogen) atoms. The molecule has 0 spiro atoms. The predicted molar refractivity (Wildman–Crippen MR) is 84.4 cm³/mol. The van der Waals surface area contributed by atoms with Crippen molar-refractivity contribution in [2.24, 2.45) is 0 Å². The monoisotopic (exact) mass is 278 g/mol. The van der Waals surface area contributed by atoms with Crippen molar-refractivity contribution in [2.75, 3.05) is 11.9 Å². The minimum atomic E-state index is -0.336. The summed E-state index contributed by atoms with van der Waals surface area (Å²) in [6.45, 7) is 7.00. The summed E-state index contributed by atoms with van der Waals surface area (Å²) in [6, 6.07) is 3.27. The predicted octanol–water partition coefficient (Wildman–Crippen LogP) is 4.98. The van der Waals surface area contributed by atoms with E-state index in [0.717, 1.165) is 29.8 Å². The van der Waals surface area contributed by atoms with Gasteiger partial charge in [0.25, 0.3) is 5.69 Å². The number of benzene rings is 1. The third-order valence-corrected chi connectivity index (χ3v) is 3.56. The lowest BCUT2D eigenvalue weighted by molar-refractivity contribution is -0.384. The first-order chi connectivity index (χ1) is 9.56. The number of nitrogens with zero attached hydrogens (tertiary/aromatic N) is 1. The van der Waals surface area contributed by atoms with Crippen LogP contribution in [0.3, 0.4) is 0 Å². The van der Waals surface area contributed by atoms with Crippen LogP contribution in [0.4, 0.5) is 11.4 Å². The number of non-ortho nitro benzene ring substituents is 1. The summed E-state index contributed by atoms with van der Waals surface area (Å²) in [5, 5.41) is 14.2. The van der Waals surface area contributed by atoms with E-state index < -0.39 is 0 Å². The second-order valence-corrected chi connectivity index (χ2v) is 5.41. The Kier molecular flexibility index (Phi) is 7.05. The summed E-state index contributed by atoms with van der Waals surface area (Å²) < 4.78 is 0. The summed E-state index contributed by atoms with van der Waals surface area (Å²) in [6.07, 6.45) is 7.63. The van der Waals surface area contributed by atoms with Crippen LogP contribution >= 0.6 is 0 Å². The molecule has 0 aliphatic carbocycles. The van der Waals surface area contributed by atoms with E-state index in [1.54, 1.807) is 12.1 Å². The zero-order valence-electron chi connectivity index (χ0n) is 12.9. The molecule has 0 saturated heterocycles. The highest BCUT2D eigenvalue weighted by Crippen LogP contribution is 2.26. The average Bonchev–Trinajstić information content (AvgIpc) is 2.40. The molecule has 0 aromatic heterocycles. The maximum atomic E-state index is 10.8. The molecule has 0 aliphatic rings. The SMILES string of the molecule is CCCCCCCCNc1c(C)cc([N+](=O)[O-])cc1C. The fourth-order valence-electron chi connectivity index (χ4n) is 2.44. The third kappa shape index (κ3) is 5.19. The average molecular weight is 278 g/mol. The maximum absolute atomic E-state index is 10.8. The summed E-state index contributed by atoms with van der Waals surface area (Å²) in [7, 11) is 0. The van der Waals surface area contributed by atoms with Gasteiger partial charge in [-0.1, -0.05) is 39.0 Å². The lowest BCUT2D eigenvalue weighted by Gasteiger charge is -2.12. The van der Waals surface area contributed by atoms with Gasteiger partial charge in [0.15, 0.2) is 0 Å². The van der Waals surface area contributed by atoms with Gasteiger partial charge in [0, 0.05) is 24.4 Å². The Balaban J connectivity index is 2.42. The van der Waals surface area contributed by atoms with Crippen LogP contribution in [0.1, 0.15) is 56.6 Å². The van der Waals surface area contributed by atoms with Crippen molar-refractivity contribution in [1.82, 2.24) is 0 Å². The van der Waals surface area contributed by atoms with Crippen molar-refractivity contribution in [2.45, 2.75) is 59.3 Å². The quantitative estimate of drug-likeness (QED) is 0.393. The third-order valence-electron chi connectivity index (χ3n) is 3.56. The van der Waals surface area contributed by atoms with E-state index in [0.29, 0.717) is 0 Å². The first kappa shape index (κ1) is 16.5. The molecule has 0 saturated carbocycles. The molecule has 0 aliphatic heterocycles. The van der Waals surface area contributed by atoms with Crippen LogP contribution in [0, 0.1) is 24.0 Å². The van der Waals surface area contributed by atoms with Gasteiger partial charge in [-0.25, -0.2) is 0 Å². The lowest BCUT2D eigenvalue weighted by atomic mass is 10.1. The molecule has 0 atom stereocenters. The molecule has 0 unspecified atom stereocenters. The van der Waals surface area contributed by atoms with Gasteiger partial charge in [-0.05, 0) is 31.4 Å². The van der Waals surface area contributed by atoms with Crippen molar-refractivity contribution in [3.8, 4) is 0 Å². The Morgan fingerprint density at radius 2 is 1.60 bits per heavy atom. The minimum absolute atomic E-state index is 0.171. The molecular weight excluding hydrogens is 252 g/mol. The van der Waals surface area contributed by atoms with Crippen molar-refractivity contribution >= 4 is 11.4 Å². The van der Waals surface area contributed by atoms with E-state index >= 15 is 0 Å². The number of unbranched alkanes of at least 4 members (excludes halogenated alkanes) is 5. The molecule has 1 N–H and O–H groups in total. The van der Waals surface area contributed by atoms with Crippen LogP contribution in [0.5, 0.6) is 0 Å². The Morgan fingerprint density at radius 3 is 2.15 bits per heavy atom. The number of nitrogens with one attached hydrogen (secondary N) is 1. The van der Waals surface area contributed by atoms with Crippen LogP contribution < -0.4 is 5.32 Å². The van der Waals surface area contributed by atoms with Gasteiger partial charge in [-0.3, -0.25) is 10.1 Å². The Hall–Kier alpha value is -1.58. The number of hydrogen-bond acceptors (Lipinski definition) is 3. The highest BCUT2D eigenvalue weighted by atomic mass is 16.6. The molecule has 1 aromatic rings. The van der Waals surface area contributed by atoms with Gasteiger partial charge in [0.1, 0.15) is 0 Å². The minimum Gasteiger partial charge on any atom is -0.385 e. The lowest BCUT2D eigenvalue weighted by Crippen LogP contribution is -2.05. The second-order valence-electron chi connectivity index (χ2n) is 5.41. The summed E-state index contributed by atoms with van der Waals surface area (Å²) in [4.78, 5) is 10.5. The molecule has 112 valence electrons. The Bertz CT molecular complexity index is 421. The van der Waals surface area contributed by atoms with Crippen LogP contribution in [0.25, 0.3) is 0 Å². The van der Waals surface area contributed by atoms with E-state index in [9.17, 15) is 10.1 Å². The van der Waals surface area contributed by atoms with Crippen LogP contribution in [0.15, 0.2) is 12.1 Å². The zero-order chi connectivity index (χ0) is 15.0. The number of aryl methyl sites for hydroxylation is 2. The number of anilines is 1. The summed E-state index contributed by atoms with van der Waals surface area (Å²) >= 11 is 0. The molecule has 4 heteroatoms. The van der Waals surface area contributed by atoms with Crippen LogP contribution in [-0.4, -0.2) is 11.5 Å². The molecular formula is C16H26N2O2. The van der Waals surface area contributed by atoms with Crippen molar-refractivity contribution in [3.05, 3.63) is 33.4 Å². The molecule has 0 bridgehead atoms. The highest BCUT2D eigenvalue weighted by Gasteiger charge is 2.11. The number of hydrogen-bond donors (Lipinski definition) is 1. The molecule has 1 aromatic carbocycles. The van der Waals surface area contributed by atoms with Crippen LogP contribution in [0.2, 0.25) is 0 Å². The number of rotatable bonds is 9. The molecule has 4 nitrogen and oxygen atoms in total. The van der Waals surface area contributed by atoms with Gasteiger partial charge in [-0.15, -0.1) is 0 Å². The van der Waals surface area contributed by atoms with Gasteiger partial charge in [0.2, 0.25) is 0 Å². The Labute approximate surface area is 121 Å². The number of nitro benzene ring substituents is 1. The highest BCUT2D eigenvalue weighted by molar-refractivity contribution is 5.61. The van der Waals surface area contributed by atoms with Gasteiger partial charge >= 0.3 is 0 Å². The van der Waals surface area contributed by atoms with E-state index in [4.69, 9.17) is 0 Å². The summed E-state index contributed by atoms with van der Waals surface area (Å²) in [5.74, 6) is 0. The molecule has 0 fully saturated rings. The van der Waals surface area contributed by atoms with Crippen molar-refractivity contribution < 1.29 is 4.92 Å². The van der Waals surface area contributed by atoms with Gasteiger partial charge in [-0.2, -0.15) is 0 Å². The topological polar surface area (TPSA) is 55.2 Å².